The van der Waals surface area contributed by atoms with Crippen LogP contribution < -0.4 is 15.2 Å². The molecule has 1 aromatic rings. The third kappa shape index (κ3) is 9.13. The number of carbonyl (C=O) groups excluding carboxylic acids is 1. The van der Waals surface area contributed by atoms with E-state index < -0.39 is 0 Å². The number of rotatable bonds is 13. The van der Waals surface area contributed by atoms with Crippen molar-refractivity contribution in [2.24, 2.45) is 29.0 Å². The van der Waals surface area contributed by atoms with E-state index in [1.54, 1.807) is 6.20 Å². The second-order valence-electron chi connectivity index (χ2n) is 10.7. The van der Waals surface area contributed by atoms with E-state index in [0.29, 0.717) is 36.5 Å². The lowest BCUT2D eigenvalue weighted by molar-refractivity contribution is -0.116. The number of carbonyl (C=O) groups is 1. The first kappa shape index (κ1) is 30.2. The van der Waals surface area contributed by atoms with Crippen molar-refractivity contribution in [3.8, 4) is 5.88 Å². The first-order valence-corrected chi connectivity index (χ1v) is 16.1. The molecule has 2 unspecified atom stereocenters. The van der Waals surface area contributed by atoms with Gasteiger partial charge < -0.3 is 10.1 Å². The van der Waals surface area contributed by atoms with Gasteiger partial charge in [-0.1, -0.05) is 85.2 Å². The van der Waals surface area contributed by atoms with E-state index in [4.69, 9.17) is 9.88 Å². The molecule has 206 valence electrons. The highest BCUT2D eigenvalue weighted by Gasteiger charge is 2.25. The normalized spacial score (nSPS) is 19.7. The summed E-state index contributed by atoms with van der Waals surface area (Å²) >= 11 is 3.70. The van der Waals surface area contributed by atoms with E-state index in [0.717, 1.165) is 18.5 Å². The summed E-state index contributed by atoms with van der Waals surface area (Å²) in [6.45, 7) is 7.05. The number of nitrogens with two attached hydrogens (primary N) is 1. The minimum Gasteiger partial charge on any atom is -0.474 e. The van der Waals surface area contributed by atoms with Crippen molar-refractivity contribution in [1.82, 2.24) is 15.1 Å². The van der Waals surface area contributed by atoms with E-state index in [-0.39, 0.29) is 17.2 Å². The number of aromatic nitrogens is 2. The highest BCUT2D eigenvalue weighted by Crippen LogP contribution is 2.32. The van der Waals surface area contributed by atoms with Gasteiger partial charge in [0.25, 0.3) is 5.91 Å². The summed E-state index contributed by atoms with van der Waals surface area (Å²) in [5, 5.41) is 13.7. The van der Waals surface area contributed by atoms with Gasteiger partial charge in [-0.15, -0.1) is 5.10 Å². The van der Waals surface area contributed by atoms with Crippen molar-refractivity contribution in [1.29, 1.82) is 0 Å². The number of amides is 1. The van der Waals surface area contributed by atoms with E-state index in [2.05, 4.69) is 64.8 Å². The zero-order valence-electron chi connectivity index (χ0n) is 22.8. The molecule has 1 aliphatic heterocycles. The summed E-state index contributed by atoms with van der Waals surface area (Å²) in [6, 6.07) is 1.96. The van der Waals surface area contributed by atoms with Gasteiger partial charge in [-0.05, 0) is 54.9 Å². The fourth-order valence-corrected chi connectivity index (χ4v) is 6.38. The average molecular weight is 642 g/mol. The molecule has 1 amide bonds. The van der Waals surface area contributed by atoms with Gasteiger partial charge in [0, 0.05) is 31.0 Å². The number of nitrogens with one attached hydrogen (secondary N) is 1. The predicted molar refractivity (Wildman–Crippen MR) is 164 cm³/mol. The Kier molecular flexibility index (Phi) is 12.5. The van der Waals surface area contributed by atoms with E-state index in [1.165, 1.54) is 66.0 Å². The van der Waals surface area contributed by atoms with Crippen LogP contribution in [0.1, 0.15) is 84.3 Å². The number of allylic oxidation sites excluding steroid dienone is 2. The van der Waals surface area contributed by atoms with E-state index in [1.807, 2.05) is 17.8 Å². The van der Waals surface area contributed by atoms with Crippen LogP contribution in [0.25, 0.3) is 5.57 Å². The topological polar surface area (TPSA) is 94.5 Å². The average Bonchev–Trinajstić information content (AvgIpc) is 3.26. The third-order valence-corrected chi connectivity index (χ3v) is 8.84. The van der Waals surface area contributed by atoms with Crippen LogP contribution in [0.5, 0.6) is 5.88 Å². The SMILES string of the molecule is CC(C)=C(c1cc(OC[C@@H](CC2CCCCC2)NC(=O)C2=NC=CC(SN)C2)nn1C)C(C)CCCI. The Hall–Kier alpha value is -1.33. The van der Waals surface area contributed by atoms with Gasteiger partial charge in [0.1, 0.15) is 12.3 Å². The summed E-state index contributed by atoms with van der Waals surface area (Å²) in [5.74, 6) is 1.56. The first-order chi connectivity index (χ1) is 17.8. The Bertz CT molecular complexity index is 979. The standard InChI is InChI=1S/C28H44IN5O2S/c1-19(2)27(20(3)9-8-13-29)25-17-26(33-34(25)4)36-18-22(15-21-10-6-5-7-11-21)32-28(35)24-16-23(37-30)12-14-31-24/h12,14,17,20-23H,5-11,13,15-16,18,30H2,1-4H3,(H,32,35)/t20?,22-,23?/m1/s1. The highest BCUT2D eigenvalue weighted by atomic mass is 127. The van der Waals surface area contributed by atoms with Crippen LogP contribution in [0.4, 0.5) is 0 Å². The summed E-state index contributed by atoms with van der Waals surface area (Å²) in [7, 11) is 1.98. The van der Waals surface area contributed by atoms with E-state index in [9.17, 15) is 4.79 Å². The van der Waals surface area contributed by atoms with E-state index >= 15 is 0 Å². The Morgan fingerprint density at radius 3 is 2.76 bits per heavy atom. The van der Waals surface area contributed by atoms with Gasteiger partial charge in [0.15, 0.2) is 0 Å². The molecule has 3 N–H and O–H groups in total. The number of aryl methyl sites for hydroxylation is 1. The van der Waals surface area contributed by atoms with Gasteiger partial charge >= 0.3 is 0 Å². The van der Waals surface area contributed by atoms with Crippen LogP contribution in [0.3, 0.4) is 0 Å². The summed E-state index contributed by atoms with van der Waals surface area (Å²) < 4.78 is 9.34. The molecule has 7 nitrogen and oxygen atoms in total. The molecule has 1 saturated carbocycles. The number of hydrogen-bond acceptors (Lipinski definition) is 6. The van der Waals surface area contributed by atoms with Crippen LogP contribution in [-0.2, 0) is 11.8 Å². The smallest absolute Gasteiger partial charge is 0.266 e. The number of aliphatic imine (C=N–C) groups is 1. The maximum Gasteiger partial charge on any atom is 0.266 e. The van der Waals surface area contributed by atoms with Gasteiger partial charge in [0.2, 0.25) is 5.88 Å². The Morgan fingerprint density at radius 2 is 2.08 bits per heavy atom. The fourth-order valence-electron chi connectivity index (χ4n) is 5.53. The van der Waals surface area contributed by atoms with Crippen molar-refractivity contribution in [3.05, 3.63) is 29.6 Å². The number of halogens is 1. The maximum absolute atomic E-state index is 13.1. The van der Waals surface area contributed by atoms with Gasteiger partial charge in [-0.25, -0.2) is 0 Å². The molecular formula is C28H44IN5O2S. The summed E-state index contributed by atoms with van der Waals surface area (Å²) in [6.07, 6.45) is 13.7. The molecule has 1 fully saturated rings. The first-order valence-electron chi connectivity index (χ1n) is 13.6. The zero-order chi connectivity index (χ0) is 26.8. The Balaban J connectivity index is 1.70. The molecule has 0 spiro atoms. The predicted octanol–water partition coefficient (Wildman–Crippen LogP) is 6.23. The molecule has 37 heavy (non-hydrogen) atoms. The molecule has 3 atom stereocenters. The van der Waals surface area contributed by atoms with Crippen molar-refractivity contribution in [2.75, 3.05) is 11.0 Å². The number of nitrogens with zero attached hydrogens (tertiary/aromatic N) is 3. The molecular weight excluding hydrogens is 597 g/mol. The quantitative estimate of drug-likeness (QED) is 0.151. The van der Waals surface area contributed by atoms with Crippen molar-refractivity contribution < 1.29 is 9.53 Å². The zero-order valence-corrected chi connectivity index (χ0v) is 25.8. The summed E-state index contributed by atoms with van der Waals surface area (Å²) in [5.41, 5.74) is 4.30. The molecule has 2 heterocycles. The van der Waals surface area contributed by atoms with Gasteiger partial charge in [0.05, 0.1) is 11.7 Å². The molecule has 0 saturated heterocycles. The molecule has 0 aromatic carbocycles. The van der Waals surface area contributed by atoms with Crippen LogP contribution in [0.2, 0.25) is 0 Å². The lowest BCUT2D eigenvalue weighted by atomic mass is 9.85. The molecule has 9 heteroatoms. The third-order valence-electron chi connectivity index (χ3n) is 7.41. The molecule has 0 radical (unpaired) electrons. The largest absolute Gasteiger partial charge is 0.474 e. The molecule has 1 aliphatic carbocycles. The molecule has 0 bridgehead atoms. The van der Waals surface area contributed by atoms with Gasteiger partial charge in [-0.3, -0.25) is 19.6 Å². The van der Waals surface area contributed by atoms with Crippen LogP contribution in [-0.4, -0.2) is 43.7 Å². The Morgan fingerprint density at radius 1 is 1.32 bits per heavy atom. The van der Waals surface area contributed by atoms with Crippen molar-refractivity contribution in [2.45, 2.75) is 89.9 Å². The van der Waals surface area contributed by atoms with Crippen LogP contribution >= 0.6 is 34.5 Å². The van der Waals surface area contributed by atoms with Crippen LogP contribution in [0, 0.1) is 11.8 Å². The molecule has 1 aromatic heterocycles. The summed E-state index contributed by atoms with van der Waals surface area (Å²) in [4.78, 5) is 17.4. The molecule has 2 aliphatic rings. The second kappa shape index (κ2) is 15.3. The fraction of sp³-hybridized carbons (Fsp3) is 0.679. The monoisotopic (exact) mass is 641 g/mol. The minimum atomic E-state index is -0.120. The van der Waals surface area contributed by atoms with Crippen molar-refractivity contribution in [3.63, 3.8) is 0 Å². The Labute approximate surface area is 240 Å². The minimum absolute atomic E-state index is 0.0850. The maximum atomic E-state index is 13.1. The molecule has 3 rings (SSSR count). The van der Waals surface area contributed by atoms with Gasteiger partial charge in [-0.2, -0.15) is 0 Å². The number of alkyl halides is 1. The lowest BCUT2D eigenvalue weighted by Gasteiger charge is -2.27. The highest BCUT2D eigenvalue weighted by molar-refractivity contribution is 14.1. The van der Waals surface area contributed by atoms with Crippen molar-refractivity contribution >= 4 is 51.7 Å². The lowest BCUT2D eigenvalue weighted by Crippen LogP contribution is -2.44. The number of hydrogen-bond donors (Lipinski definition) is 2. The second-order valence-corrected chi connectivity index (χ2v) is 12.6. The van der Waals surface area contributed by atoms with Crippen LogP contribution in [0.15, 0.2) is 28.9 Å². The number of ether oxygens (including phenoxy) is 1.